The molecule has 0 aliphatic heterocycles. The molecule has 5 heteroatoms. The molecule has 32 valence electrons. The summed E-state index contributed by atoms with van der Waals surface area (Å²) in [5, 5.41) is 0. The van der Waals surface area contributed by atoms with Gasteiger partial charge in [0.1, 0.15) is 0 Å². The number of hydrogen-bond acceptors (Lipinski definition) is 2. The molecule has 1 unspecified atom stereocenters. The molecule has 0 amide bonds. The van der Waals surface area contributed by atoms with E-state index in [2.05, 4.69) is 11.2 Å². The van der Waals surface area contributed by atoms with Gasteiger partial charge in [0.05, 0.1) is 0 Å². The summed E-state index contributed by atoms with van der Waals surface area (Å²) in [5.41, 5.74) is 0. The normalized spacial score (nSPS) is 21.2. The van der Waals surface area contributed by atoms with Gasteiger partial charge in [-0.25, -0.2) is 0 Å². The molecular weight excluding hydrogens is 175 g/mol. The standard InChI is InChI=1S/H2O2S2Se/c1-4(2,3)5/h(H2,1,2,3,5). The van der Waals surface area contributed by atoms with Gasteiger partial charge in [0.25, 0.3) is 0 Å². The minimum absolute atomic E-state index is 1.48. The van der Waals surface area contributed by atoms with Gasteiger partial charge in [-0.05, 0) is 0 Å². The molecule has 0 rings (SSSR count). The molecule has 0 aromatic rings. The third-order valence-electron chi connectivity index (χ3n) is 0. The summed E-state index contributed by atoms with van der Waals surface area (Å²) >= 11 is 5.36. The van der Waals surface area contributed by atoms with Gasteiger partial charge in [0.2, 0.25) is 0 Å². The molecule has 0 spiro atoms. The van der Waals surface area contributed by atoms with Crippen molar-refractivity contribution in [2.75, 3.05) is 0 Å². The van der Waals surface area contributed by atoms with E-state index in [-0.39, 0.29) is 0 Å². The molecule has 0 saturated heterocycles. The summed E-state index contributed by atoms with van der Waals surface area (Å²) in [6.45, 7) is 0. The first-order chi connectivity index (χ1) is 2.00. The van der Waals surface area contributed by atoms with E-state index in [0.717, 1.165) is 0 Å². The Kier molecular flexibility index (Phi) is 1.79. The van der Waals surface area contributed by atoms with Crippen molar-refractivity contribution < 1.29 is 8.76 Å². The maximum atomic E-state index is 9.53. The number of hydrogen-bond donors (Lipinski definition) is 1. The van der Waals surface area contributed by atoms with Crippen molar-refractivity contribution in [1.29, 1.82) is 0 Å². The van der Waals surface area contributed by atoms with Gasteiger partial charge in [-0.15, -0.1) is 0 Å². The Morgan fingerprint density at radius 2 is 2.00 bits per heavy atom. The minimum atomic E-state index is -2.90. The fourth-order valence-corrected chi connectivity index (χ4v) is 0. The van der Waals surface area contributed by atoms with Crippen LogP contribution in [0.1, 0.15) is 0 Å². The number of rotatable bonds is 0. The van der Waals surface area contributed by atoms with Crippen LogP contribution in [-0.2, 0) is 18.4 Å². The zero-order valence-corrected chi connectivity index (χ0v) is 5.63. The molecule has 0 aliphatic rings. The Morgan fingerprint density at radius 1 is 2.00 bits per heavy atom. The van der Waals surface area contributed by atoms with Gasteiger partial charge in [0, 0.05) is 0 Å². The fourth-order valence-electron chi connectivity index (χ4n) is 0. The summed E-state index contributed by atoms with van der Waals surface area (Å²) in [4.78, 5) is 0. The van der Waals surface area contributed by atoms with Crippen LogP contribution in [0.15, 0.2) is 0 Å². The third-order valence-corrected chi connectivity index (χ3v) is 0. The molecule has 1 atom stereocenters. The second-order valence-electron chi connectivity index (χ2n) is 0.448. The van der Waals surface area contributed by atoms with Crippen molar-refractivity contribution in [2.45, 2.75) is 0 Å². The molecule has 0 heterocycles. The Balaban J connectivity index is 4.06. The van der Waals surface area contributed by atoms with Crippen LogP contribution in [-0.4, -0.2) is 23.7 Å². The van der Waals surface area contributed by atoms with Crippen LogP contribution in [0, 0.1) is 0 Å². The van der Waals surface area contributed by atoms with E-state index < -0.39 is 7.19 Å². The SMILES string of the molecule is O=S(O)(=S)[SeH]. The Morgan fingerprint density at radius 3 is 2.00 bits per heavy atom. The molecule has 0 aromatic heterocycles. The van der Waals surface area contributed by atoms with Gasteiger partial charge < -0.3 is 0 Å². The predicted molar refractivity (Wildman–Crippen MR) is 25.3 cm³/mol. The first-order valence-electron chi connectivity index (χ1n) is 0.698. The van der Waals surface area contributed by atoms with E-state index in [4.69, 9.17) is 4.55 Å². The molecule has 0 radical (unpaired) electrons. The molecular formula is H2O2S2Se. The molecule has 0 aromatic carbocycles. The van der Waals surface area contributed by atoms with Crippen LogP contribution < -0.4 is 0 Å². The fraction of sp³-hybridized carbons (Fsp3) is 0. The maximum absolute atomic E-state index is 9.53. The molecule has 0 aliphatic carbocycles. The average Bonchev–Trinajstić information content (AvgIpc) is 0.722. The van der Waals surface area contributed by atoms with Gasteiger partial charge in [0.15, 0.2) is 0 Å². The van der Waals surface area contributed by atoms with Crippen molar-refractivity contribution in [3.63, 3.8) is 0 Å². The van der Waals surface area contributed by atoms with Crippen LogP contribution in [0.5, 0.6) is 0 Å². The zero-order valence-electron chi connectivity index (χ0n) is 2.12. The molecule has 0 bridgehead atoms. The third kappa shape index (κ3) is 54.6. The van der Waals surface area contributed by atoms with Crippen molar-refractivity contribution in [3.05, 3.63) is 0 Å². The first kappa shape index (κ1) is 5.85. The summed E-state index contributed by atoms with van der Waals surface area (Å²) in [5.74, 6) is 0. The van der Waals surface area contributed by atoms with Crippen LogP contribution in [0.2, 0.25) is 0 Å². The van der Waals surface area contributed by atoms with Crippen molar-refractivity contribution in [2.24, 2.45) is 0 Å². The predicted octanol–water partition coefficient (Wildman–Crippen LogP) is -0.978. The van der Waals surface area contributed by atoms with Crippen LogP contribution in [0.4, 0.5) is 0 Å². The van der Waals surface area contributed by atoms with E-state index in [9.17, 15) is 4.21 Å². The van der Waals surface area contributed by atoms with E-state index in [1.165, 1.54) is 14.9 Å². The zero-order chi connectivity index (χ0) is 4.50. The van der Waals surface area contributed by atoms with Crippen molar-refractivity contribution in [3.8, 4) is 0 Å². The quantitative estimate of drug-likeness (QED) is 0.483. The molecule has 0 fully saturated rings. The molecule has 2 nitrogen and oxygen atoms in total. The van der Waals surface area contributed by atoms with Crippen LogP contribution in [0.25, 0.3) is 0 Å². The molecule has 0 saturated carbocycles. The Labute approximate surface area is 42.3 Å². The van der Waals surface area contributed by atoms with Crippen LogP contribution >= 0.6 is 0 Å². The van der Waals surface area contributed by atoms with E-state index in [1.54, 1.807) is 0 Å². The van der Waals surface area contributed by atoms with Crippen LogP contribution in [0.3, 0.4) is 0 Å². The van der Waals surface area contributed by atoms with Gasteiger partial charge >= 0.3 is 42.0 Å². The van der Waals surface area contributed by atoms with Gasteiger partial charge in [-0.3, -0.25) is 0 Å². The topological polar surface area (TPSA) is 37.3 Å². The van der Waals surface area contributed by atoms with Crippen molar-refractivity contribution >= 4 is 33.3 Å². The van der Waals surface area contributed by atoms with E-state index >= 15 is 0 Å². The summed E-state index contributed by atoms with van der Waals surface area (Å²) in [6.07, 6.45) is 0. The summed E-state index contributed by atoms with van der Waals surface area (Å²) < 4.78 is 17.4. The molecule has 1 N–H and O–H groups in total. The molecule has 5 heavy (non-hydrogen) atoms. The monoisotopic (exact) mass is 178 g/mol. The summed E-state index contributed by atoms with van der Waals surface area (Å²) in [7, 11) is -2.90. The second-order valence-corrected chi connectivity index (χ2v) is 7.43. The first-order valence-corrected chi connectivity index (χ1v) is 5.39. The second kappa shape index (κ2) is 1.53. The summed E-state index contributed by atoms with van der Waals surface area (Å²) in [6, 6.07) is 0. The van der Waals surface area contributed by atoms with Gasteiger partial charge in [-0.1, -0.05) is 0 Å². The van der Waals surface area contributed by atoms with E-state index in [1.807, 2.05) is 0 Å². The Hall–Kier alpha value is 0.849. The van der Waals surface area contributed by atoms with E-state index in [0.29, 0.717) is 0 Å². The Bertz CT molecular complexity index is 90.8. The van der Waals surface area contributed by atoms with Gasteiger partial charge in [-0.2, -0.15) is 0 Å². The average molecular weight is 177 g/mol. The van der Waals surface area contributed by atoms with Crippen molar-refractivity contribution in [1.82, 2.24) is 0 Å².